The van der Waals surface area contributed by atoms with Gasteiger partial charge in [-0.05, 0) is 52.9 Å². The smallest absolute Gasteiger partial charge is 0.335 e. The van der Waals surface area contributed by atoms with Crippen LogP contribution in [0.4, 0.5) is 0 Å². The summed E-state index contributed by atoms with van der Waals surface area (Å²) in [5.41, 5.74) is 0.0612. The molecule has 0 spiro atoms. The molecule has 2 rings (SSSR count). The maximum atomic E-state index is 12.6. The van der Waals surface area contributed by atoms with Crippen molar-refractivity contribution in [1.82, 2.24) is 4.31 Å². The number of halogens is 1. The number of sulfonamides is 1. The number of benzene rings is 1. The molecule has 1 N–H and O–H groups in total. The van der Waals surface area contributed by atoms with Crippen molar-refractivity contribution in [3.05, 3.63) is 28.2 Å². The molecular formula is C14H18BrNO4S. The lowest BCUT2D eigenvalue weighted by atomic mass is 10.0. The molecule has 0 bridgehead atoms. The molecule has 7 heteroatoms. The Morgan fingerprint density at radius 3 is 2.76 bits per heavy atom. The van der Waals surface area contributed by atoms with Crippen molar-refractivity contribution in [2.24, 2.45) is 5.92 Å². The lowest BCUT2D eigenvalue weighted by Gasteiger charge is -2.17. The average Bonchev–Trinajstić information content (AvgIpc) is 2.88. The average molecular weight is 376 g/mol. The van der Waals surface area contributed by atoms with Crippen LogP contribution in [0, 0.1) is 5.92 Å². The largest absolute Gasteiger partial charge is 0.478 e. The van der Waals surface area contributed by atoms with Gasteiger partial charge in [-0.1, -0.05) is 13.3 Å². The molecule has 5 nitrogen and oxygen atoms in total. The van der Waals surface area contributed by atoms with E-state index in [0.717, 1.165) is 19.3 Å². The van der Waals surface area contributed by atoms with Gasteiger partial charge in [0.1, 0.15) is 0 Å². The normalized spacial score (nSPS) is 19.8. The molecule has 1 atom stereocenters. The van der Waals surface area contributed by atoms with Crippen LogP contribution in [0.25, 0.3) is 0 Å². The number of carboxylic acids is 1. The maximum absolute atomic E-state index is 12.6. The van der Waals surface area contributed by atoms with Crippen molar-refractivity contribution < 1.29 is 18.3 Å². The Balaban J connectivity index is 2.26. The summed E-state index contributed by atoms with van der Waals surface area (Å²) in [5, 5.41) is 8.93. The van der Waals surface area contributed by atoms with Gasteiger partial charge in [-0.2, -0.15) is 4.31 Å². The zero-order chi connectivity index (χ0) is 15.6. The van der Waals surface area contributed by atoms with Gasteiger partial charge in [-0.25, -0.2) is 13.2 Å². The fraction of sp³-hybridized carbons (Fsp3) is 0.500. The number of rotatable bonds is 5. The van der Waals surface area contributed by atoms with Gasteiger partial charge < -0.3 is 5.11 Å². The molecule has 1 aliphatic rings. The Labute approximate surface area is 133 Å². The summed E-state index contributed by atoms with van der Waals surface area (Å²) in [6.45, 7) is 3.17. The molecular weight excluding hydrogens is 358 g/mol. The third-order valence-corrected chi connectivity index (χ3v) is 6.58. The summed E-state index contributed by atoms with van der Waals surface area (Å²) in [4.78, 5) is 11.0. The Bertz CT molecular complexity index is 644. The van der Waals surface area contributed by atoms with Gasteiger partial charge in [-0.3, -0.25) is 0 Å². The first-order valence-corrected chi connectivity index (χ1v) is 9.12. The summed E-state index contributed by atoms with van der Waals surface area (Å²) in [6.07, 6.45) is 2.97. The highest BCUT2D eigenvalue weighted by molar-refractivity contribution is 9.10. The van der Waals surface area contributed by atoms with E-state index in [9.17, 15) is 13.2 Å². The predicted octanol–water partition coefficient (Wildman–Crippen LogP) is 2.96. The Morgan fingerprint density at radius 2 is 2.19 bits per heavy atom. The third-order valence-electron chi connectivity index (χ3n) is 3.74. The van der Waals surface area contributed by atoms with Gasteiger partial charge in [-0.15, -0.1) is 0 Å². The zero-order valence-corrected chi connectivity index (χ0v) is 14.2. The van der Waals surface area contributed by atoms with E-state index in [0.29, 0.717) is 23.5 Å². The number of carbonyl (C=O) groups is 1. The van der Waals surface area contributed by atoms with Crippen LogP contribution < -0.4 is 0 Å². The van der Waals surface area contributed by atoms with E-state index in [1.54, 1.807) is 0 Å². The highest BCUT2D eigenvalue weighted by Crippen LogP contribution is 2.31. The van der Waals surface area contributed by atoms with E-state index >= 15 is 0 Å². The van der Waals surface area contributed by atoms with Crippen LogP contribution in [0.15, 0.2) is 27.6 Å². The van der Waals surface area contributed by atoms with Gasteiger partial charge >= 0.3 is 5.97 Å². The third kappa shape index (κ3) is 3.46. The van der Waals surface area contributed by atoms with Crippen LogP contribution in [0.1, 0.15) is 36.5 Å². The number of hydrogen-bond acceptors (Lipinski definition) is 3. The van der Waals surface area contributed by atoms with E-state index < -0.39 is 16.0 Å². The quantitative estimate of drug-likeness (QED) is 0.858. The Kier molecular flexibility index (Phi) is 5.06. The molecule has 0 aromatic heterocycles. The number of aromatic carboxylic acids is 1. The topological polar surface area (TPSA) is 74.7 Å². The second kappa shape index (κ2) is 6.46. The lowest BCUT2D eigenvalue weighted by molar-refractivity contribution is 0.0696. The van der Waals surface area contributed by atoms with E-state index in [-0.39, 0.29) is 10.5 Å². The predicted molar refractivity (Wildman–Crippen MR) is 82.9 cm³/mol. The minimum Gasteiger partial charge on any atom is -0.478 e. The van der Waals surface area contributed by atoms with Gasteiger partial charge in [0.05, 0.1) is 10.5 Å². The monoisotopic (exact) mass is 375 g/mol. The highest BCUT2D eigenvalue weighted by atomic mass is 79.9. The lowest BCUT2D eigenvalue weighted by Crippen LogP contribution is -2.29. The van der Waals surface area contributed by atoms with Crippen molar-refractivity contribution in [2.45, 2.75) is 31.1 Å². The zero-order valence-electron chi connectivity index (χ0n) is 11.8. The molecule has 0 amide bonds. The summed E-state index contributed by atoms with van der Waals surface area (Å²) in [6, 6.07) is 4.00. The molecule has 1 unspecified atom stereocenters. The van der Waals surface area contributed by atoms with Gasteiger partial charge in [0.25, 0.3) is 0 Å². The molecule has 21 heavy (non-hydrogen) atoms. The van der Waals surface area contributed by atoms with Crippen molar-refractivity contribution in [1.29, 1.82) is 0 Å². The van der Waals surface area contributed by atoms with Gasteiger partial charge in [0.2, 0.25) is 10.0 Å². The van der Waals surface area contributed by atoms with Crippen LogP contribution >= 0.6 is 15.9 Å². The molecule has 1 aliphatic heterocycles. The Morgan fingerprint density at radius 1 is 1.48 bits per heavy atom. The molecule has 116 valence electrons. The second-order valence-electron chi connectivity index (χ2n) is 5.26. The molecule has 1 heterocycles. The Hall–Kier alpha value is -0.920. The summed E-state index contributed by atoms with van der Waals surface area (Å²) >= 11 is 3.18. The summed E-state index contributed by atoms with van der Waals surface area (Å²) < 4.78 is 27.1. The van der Waals surface area contributed by atoms with Gasteiger partial charge in [0, 0.05) is 17.6 Å². The second-order valence-corrected chi connectivity index (χ2v) is 8.02. The van der Waals surface area contributed by atoms with Crippen molar-refractivity contribution in [3.63, 3.8) is 0 Å². The number of carboxylic acid groups (broad SMARTS) is 1. The molecule has 0 aliphatic carbocycles. The standard InChI is InChI=1S/C14H18BrNO4S/c1-2-3-10-6-7-16(9-10)21(19,20)13-5-4-11(14(17)18)8-12(13)15/h4-5,8,10H,2-3,6-7,9H2,1H3,(H,17,18). The molecule has 0 radical (unpaired) electrons. The molecule has 1 saturated heterocycles. The first-order chi connectivity index (χ1) is 9.86. The maximum Gasteiger partial charge on any atom is 0.335 e. The molecule has 0 saturated carbocycles. The first kappa shape index (κ1) is 16.5. The van der Waals surface area contributed by atoms with Crippen molar-refractivity contribution in [3.8, 4) is 0 Å². The summed E-state index contributed by atoms with van der Waals surface area (Å²) in [7, 11) is -3.57. The minimum atomic E-state index is -3.57. The van der Waals surface area contributed by atoms with Crippen molar-refractivity contribution >= 4 is 31.9 Å². The summed E-state index contributed by atoms with van der Waals surface area (Å²) in [5.74, 6) is -0.661. The molecule has 1 aromatic carbocycles. The van der Waals surface area contributed by atoms with Crippen LogP contribution in [0.3, 0.4) is 0 Å². The minimum absolute atomic E-state index is 0.0612. The SMILES string of the molecule is CCCC1CCN(S(=O)(=O)c2ccc(C(=O)O)cc2Br)C1. The number of hydrogen-bond donors (Lipinski definition) is 1. The number of nitrogens with zero attached hydrogens (tertiary/aromatic N) is 1. The van der Waals surface area contributed by atoms with Gasteiger partial charge in [0.15, 0.2) is 0 Å². The van der Waals surface area contributed by atoms with Crippen LogP contribution in [-0.2, 0) is 10.0 Å². The van der Waals surface area contributed by atoms with E-state index in [1.807, 2.05) is 0 Å². The van der Waals surface area contributed by atoms with Crippen LogP contribution in [-0.4, -0.2) is 36.9 Å². The fourth-order valence-corrected chi connectivity index (χ4v) is 5.21. The van der Waals surface area contributed by atoms with Crippen molar-refractivity contribution in [2.75, 3.05) is 13.1 Å². The van der Waals surface area contributed by atoms with Crippen LogP contribution in [0.5, 0.6) is 0 Å². The fourth-order valence-electron chi connectivity index (χ4n) is 2.64. The first-order valence-electron chi connectivity index (χ1n) is 6.89. The molecule has 1 aromatic rings. The highest BCUT2D eigenvalue weighted by Gasteiger charge is 2.33. The van der Waals surface area contributed by atoms with E-state index in [1.165, 1.54) is 22.5 Å². The van der Waals surface area contributed by atoms with E-state index in [4.69, 9.17) is 5.11 Å². The van der Waals surface area contributed by atoms with E-state index in [2.05, 4.69) is 22.9 Å². The molecule has 1 fully saturated rings. The van der Waals surface area contributed by atoms with Crippen LogP contribution in [0.2, 0.25) is 0 Å².